The van der Waals surface area contributed by atoms with Crippen molar-refractivity contribution in [2.45, 2.75) is 19.8 Å². The first-order chi connectivity index (χ1) is 9.58. The van der Waals surface area contributed by atoms with Gasteiger partial charge in [-0.25, -0.2) is 4.79 Å². The van der Waals surface area contributed by atoms with E-state index >= 15 is 0 Å². The van der Waals surface area contributed by atoms with Crippen LogP contribution in [0.5, 0.6) is 0 Å². The summed E-state index contributed by atoms with van der Waals surface area (Å²) in [6, 6.07) is 4.45. The standard InChI is InChI=1S/C12H12Cl2N4OS/c1-2-3-10-17-18-12(20-10)16-11(19)15-7-4-5-8(13)9(14)6-7/h4-6H,2-3H2,1H3,(H2,15,16,18,19). The molecule has 20 heavy (non-hydrogen) atoms. The summed E-state index contributed by atoms with van der Waals surface area (Å²) in [5, 5.41) is 15.3. The first kappa shape index (κ1) is 15.0. The maximum Gasteiger partial charge on any atom is 0.325 e. The average Bonchev–Trinajstić information content (AvgIpc) is 2.81. The highest BCUT2D eigenvalue weighted by atomic mass is 35.5. The molecule has 0 saturated carbocycles. The van der Waals surface area contributed by atoms with Gasteiger partial charge in [0.05, 0.1) is 10.0 Å². The monoisotopic (exact) mass is 330 g/mol. The van der Waals surface area contributed by atoms with Crippen LogP contribution < -0.4 is 10.6 Å². The van der Waals surface area contributed by atoms with Crippen molar-refractivity contribution in [3.05, 3.63) is 33.3 Å². The number of benzene rings is 1. The van der Waals surface area contributed by atoms with Crippen LogP contribution in [-0.2, 0) is 6.42 Å². The van der Waals surface area contributed by atoms with E-state index in [2.05, 4.69) is 27.8 Å². The van der Waals surface area contributed by atoms with Gasteiger partial charge in [-0.1, -0.05) is 41.5 Å². The lowest BCUT2D eigenvalue weighted by Gasteiger charge is -2.05. The van der Waals surface area contributed by atoms with Gasteiger partial charge in [-0.2, -0.15) is 0 Å². The van der Waals surface area contributed by atoms with E-state index in [1.165, 1.54) is 11.3 Å². The fraction of sp³-hybridized carbons (Fsp3) is 0.250. The fourth-order valence-electron chi connectivity index (χ4n) is 1.45. The van der Waals surface area contributed by atoms with Crippen LogP contribution in [0, 0.1) is 0 Å². The third-order valence-corrected chi connectivity index (χ3v) is 3.97. The molecule has 0 fully saturated rings. The topological polar surface area (TPSA) is 66.9 Å². The molecule has 0 saturated heterocycles. The molecule has 2 N–H and O–H groups in total. The van der Waals surface area contributed by atoms with Gasteiger partial charge >= 0.3 is 6.03 Å². The molecule has 0 spiro atoms. The average molecular weight is 331 g/mol. The number of hydrogen-bond acceptors (Lipinski definition) is 4. The minimum atomic E-state index is -0.400. The van der Waals surface area contributed by atoms with E-state index in [-0.39, 0.29) is 0 Å². The highest BCUT2D eigenvalue weighted by Crippen LogP contribution is 2.25. The van der Waals surface area contributed by atoms with Crippen molar-refractivity contribution in [3.63, 3.8) is 0 Å². The summed E-state index contributed by atoms with van der Waals surface area (Å²) in [4.78, 5) is 11.8. The van der Waals surface area contributed by atoms with Crippen LogP contribution in [0.4, 0.5) is 15.6 Å². The number of nitrogens with one attached hydrogen (secondary N) is 2. The molecule has 2 rings (SSSR count). The number of rotatable bonds is 4. The van der Waals surface area contributed by atoms with E-state index in [1.54, 1.807) is 18.2 Å². The minimum absolute atomic E-state index is 0.380. The van der Waals surface area contributed by atoms with Crippen molar-refractivity contribution >= 4 is 51.4 Å². The van der Waals surface area contributed by atoms with Crippen LogP contribution in [0.25, 0.3) is 0 Å². The van der Waals surface area contributed by atoms with Crippen molar-refractivity contribution in [2.24, 2.45) is 0 Å². The molecule has 0 aliphatic heterocycles. The maximum absolute atomic E-state index is 11.8. The number of nitrogens with zero attached hydrogens (tertiary/aromatic N) is 2. The number of aromatic nitrogens is 2. The molecule has 0 bridgehead atoms. The summed E-state index contributed by atoms with van der Waals surface area (Å²) in [5.41, 5.74) is 0.551. The molecule has 5 nitrogen and oxygen atoms in total. The van der Waals surface area contributed by atoms with Gasteiger partial charge in [-0.15, -0.1) is 10.2 Å². The summed E-state index contributed by atoms with van der Waals surface area (Å²) in [6.45, 7) is 2.06. The van der Waals surface area contributed by atoms with E-state index in [4.69, 9.17) is 23.2 Å². The molecule has 1 heterocycles. The number of amides is 2. The van der Waals surface area contributed by atoms with Gasteiger partial charge in [-0.05, 0) is 24.6 Å². The number of hydrogen-bond donors (Lipinski definition) is 2. The Morgan fingerprint density at radius 2 is 2.05 bits per heavy atom. The van der Waals surface area contributed by atoms with E-state index in [1.807, 2.05) is 0 Å². The SMILES string of the molecule is CCCc1nnc(NC(=O)Nc2ccc(Cl)c(Cl)c2)s1. The number of aryl methyl sites for hydroxylation is 1. The normalized spacial score (nSPS) is 10.3. The quantitative estimate of drug-likeness (QED) is 0.870. The van der Waals surface area contributed by atoms with Crippen molar-refractivity contribution in [1.82, 2.24) is 10.2 Å². The molecule has 8 heteroatoms. The van der Waals surface area contributed by atoms with Gasteiger partial charge in [0.1, 0.15) is 5.01 Å². The number of carbonyl (C=O) groups excluding carboxylic acids is 1. The van der Waals surface area contributed by atoms with Crippen LogP contribution >= 0.6 is 34.5 Å². The van der Waals surface area contributed by atoms with Crippen molar-refractivity contribution in [3.8, 4) is 0 Å². The molecule has 0 radical (unpaired) electrons. The van der Waals surface area contributed by atoms with Crippen LogP contribution in [0.15, 0.2) is 18.2 Å². The van der Waals surface area contributed by atoms with E-state index in [0.717, 1.165) is 17.8 Å². The number of anilines is 2. The molecule has 2 amide bonds. The smallest absolute Gasteiger partial charge is 0.308 e. The van der Waals surface area contributed by atoms with Crippen molar-refractivity contribution < 1.29 is 4.79 Å². The summed E-state index contributed by atoms with van der Waals surface area (Å²) in [7, 11) is 0. The number of urea groups is 1. The summed E-state index contributed by atoms with van der Waals surface area (Å²) in [5.74, 6) is 0. The van der Waals surface area contributed by atoms with Crippen LogP contribution in [0.2, 0.25) is 10.0 Å². The zero-order valence-corrected chi connectivity index (χ0v) is 12.9. The lowest BCUT2D eigenvalue weighted by atomic mass is 10.3. The number of carbonyl (C=O) groups is 1. The van der Waals surface area contributed by atoms with Gasteiger partial charge in [0.15, 0.2) is 0 Å². The van der Waals surface area contributed by atoms with Gasteiger partial charge < -0.3 is 5.32 Å². The highest BCUT2D eigenvalue weighted by Gasteiger charge is 2.08. The molecule has 0 unspecified atom stereocenters. The highest BCUT2D eigenvalue weighted by molar-refractivity contribution is 7.15. The van der Waals surface area contributed by atoms with E-state index in [0.29, 0.717) is 20.9 Å². The lowest BCUT2D eigenvalue weighted by molar-refractivity contribution is 0.262. The first-order valence-corrected chi connectivity index (χ1v) is 7.51. The minimum Gasteiger partial charge on any atom is -0.308 e. The zero-order chi connectivity index (χ0) is 14.5. The second-order valence-corrected chi connectivity index (χ2v) is 5.84. The molecule has 0 aliphatic rings. The Kier molecular flexibility index (Phi) is 5.17. The largest absolute Gasteiger partial charge is 0.325 e. The molecule has 1 aromatic carbocycles. The van der Waals surface area contributed by atoms with E-state index in [9.17, 15) is 4.79 Å². The fourth-order valence-corrected chi connectivity index (χ4v) is 2.59. The van der Waals surface area contributed by atoms with E-state index < -0.39 is 6.03 Å². The Bertz CT molecular complexity index is 617. The molecule has 0 atom stereocenters. The summed E-state index contributed by atoms with van der Waals surface area (Å²) in [6.07, 6.45) is 1.85. The molecular weight excluding hydrogens is 319 g/mol. The molecule has 1 aromatic heterocycles. The molecule has 106 valence electrons. The Balaban J connectivity index is 1.95. The second kappa shape index (κ2) is 6.88. The van der Waals surface area contributed by atoms with Crippen LogP contribution in [-0.4, -0.2) is 16.2 Å². The van der Waals surface area contributed by atoms with Crippen molar-refractivity contribution in [2.75, 3.05) is 10.6 Å². The third kappa shape index (κ3) is 4.06. The Labute approximate surface area is 130 Å². The van der Waals surface area contributed by atoms with Gasteiger partial charge in [0.2, 0.25) is 5.13 Å². The Morgan fingerprint density at radius 3 is 2.75 bits per heavy atom. The van der Waals surface area contributed by atoms with Gasteiger partial charge in [0.25, 0.3) is 0 Å². The van der Waals surface area contributed by atoms with Gasteiger partial charge in [-0.3, -0.25) is 5.32 Å². The Hall–Kier alpha value is -1.37. The zero-order valence-electron chi connectivity index (χ0n) is 10.6. The van der Waals surface area contributed by atoms with Crippen molar-refractivity contribution in [1.29, 1.82) is 0 Å². The second-order valence-electron chi connectivity index (χ2n) is 3.96. The lowest BCUT2D eigenvalue weighted by Crippen LogP contribution is -2.19. The molecule has 0 aliphatic carbocycles. The number of halogens is 2. The summed E-state index contributed by atoms with van der Waals surface area (Å²) < 4.78 is 0. The van der Waals surface area contributed by atoms with Gasteiger partial charge in [0, 0.05) is 12.1 Å². The third-order valence-electron chi connectivity index (χ3n) is 2.33. The molecular formula is C12H12Cl2N4OS. The first-order valence-electron chi connectivity index (χ1n) is 5.94. The molecule has 2 aromatic rings. The predicted octanol–water partition coefficient (Wildman–Crippen LogP) is 4.44. The predicted molar refractivity (Wildman–Crippen MR) is 83.0 cm³/mol. The van der Waals surface area contributed by atoms with Crippen LogP contribution in [0.3, 0.4) is 0 Å². The summed E-state index contributed by atoms with van der Waals surface area (Å²) >= 11 is 13.0. The Morgan fingerprint density at radius 1 is 1.25 bits per heavy atom. The maximum atomic E-state index is 11.8. The van der Waals surface area contributed by atoms with Crippen LogP contribution in [0.1, 0.15) is 18.4 Å².